The van der Waals surface area contributed by atoms with Crippen LogP contribution < -0.4 is 10.9 Å². The van der Waals surface area contributed by atoms with Crippen molar-refractivity contribution < 1.29 is 4.79 Å². The van der Waals surface area contributed by atoms with Gasteiger partial charge in [-0.05, 0) is 43.6 Å². The maximum absolute atomic E-state index is 13.6. The third kappa shape index (κ3) is 3.72. The second-order valence-electron chi connectivity index (χ2n) is 7.81. The largest absolute Gasteiger partial charge is 0.344 e. The Kier molecular flexibility index (Phi) is 5.79. The van der Waals surface area contributed by atoms with Gasteiger partial charge in [-0.1, -0.05) is 37.4 Å². The Balaban J connectivity index is 1.75. The van der Waals surface area contributed by atoms with Crippen LogP contribution in [0, 0.1) is 18.3 Å². The topological polar surface area (TPSA) is 64.0 Å². The Morgan fingerprint density at radius 2 is 2.18 bits per heavy atom. The summed E-state index contributed by atoms with van der Waals surface area (Å²) in [6, 6.07) is 0.193. The molecule has 148 valence electrons. The molecule has 0 radical (unpaired) electrons. The number of rotatable bonds is 5. The number of hydrogen-bond acceptors (Lipinski definition) is 5. The van der Waals surface area contributed by atoms with E-state index in [1.807, 2.05) is 4.57 Å². The highest BCUT2D eigenvalue weighted by Crippen LogP contribution is 2.38. The average Bonchev–Trinajstić information content (AvgIpc) is 3.31. The normalized spacial score (nSPS) is 19.5. The van der Waals surface area contributed by atoms with Crippen LogP contribution in [-0.4, -0.2) is 27.8 Å². The number of carbonyl (C=O) groups is 1. The molecule has 1 amide bonds. The summed E-state index contributed by atoms with van der Waals surface area (Å²) in [5.41, 5.74) is 1.32. The number of fused-ring (bicyclic) bond motifs is 3. The zero-order valence-electron chi connectivity index (χ0n) is 16.1. The lowest BCUT2D eigenvalue weighted by Crippen LogP contribution is -2.29. The van der Waals surface area contributed by atoms with E-state index in [1.54, 1.807) is 11.3 Å². The molecule has 1 saturated carbocycles. The highest BCUT2D eigenvalue weighted by Gasteiger charge is 2.28. The van der Waals surface area contributed by atoms with Crippen LogP contribution >= 0.6 is 23.1 Å². The van der Waals surface area contributed by atoms with Crippen LogP contribution in [0.15, 0.2) is 9.95 Å². The number of nitrogens with zero attached hydrogens (tertiary/aromatic N) is 2. The van der Waals surface area contributed by atoms with Gasteiger partial charge in [-0.2, -0.15) is 0 Å². The van der Waals surface area contributed by atoms with Crippen LogP contribution in [0.25, 0.3) is 10.2 Å². The number of nitrogens with one attached hydrogen (secondary N) is 1. The Bertz CT molecular complexity index is 996. The van der Waals surface area contributed by atoms with Gasteiger partial charge in [-0.25, -0.2) is 4.98 Å². The third-order valence-electron chi connectivity index (χ3n) is 5.74. The monoisotopic (exact) mass is 415 g/mol. The molecule has 0 aromatic carbocycles. The minimum absolute atomic E-state index is 0.0930. The molecule has 0 unspecified atom stereocenters. The second kappa shape index (κ2) is 8.30. The predicted octanol–water partition coefficient (Wildman–Crippen LogP) is 3.54. The molecule has 0 aliphatic heterocycles. The minimum atomic E-state index is -0.130. The summed E-state index contributed by atoms with van der Waals surface area (Å²) in [5, 5.41) is 4.19. The summed E-state index contributed by atoms with van der Waals surface area (Å²) in [5.74, 6) is 3.15. The van der Waals surface area contributed by atoms with Crippen LogP contribution in [0.3, 0.4) is 0 Å². The molecule has 2 aliphatic rings. The Hall–Kier alpha value is -1.78. The molecule has 1 atom stereocenters. The second-order valence-corrected chi connectivity index (χ2v) is 9.84. The number of terminal acetylenes is 1. The number of aromatic nitrogens is 2. The summed E-state index contributed by atoms with van der Waals surface area (Å²) in [6.07, 6.45) is 12.6. The van der Waals surface area contributed by atoms with E-state index in [1.165, 1.54) is 22.2 Å². The van der Waals surface area contributed by atoms with Gasteiger partial charge < -0.3 is 5.32 Å². The van der Waals surface area contributed by atoms with Gasteiger partial charge in [0.25, 0.3) is 5.56 Å². The maximum atomic E-state index is 13.6. The fraction of sp³-hybridized carbons (Fsp3) is 0.571. The van der Waals surface area contributed by atoms with E-state index in [9.17, 15) is 9.59 Å². The molecule has 7 heteroatoms. The molecule has 4 rings (SSSR count). The number of amides is 1. The van der Waals surface area contributed by atoms with Gasteiger partial charge in [0.15, 0.2) is 5.16 Å². The molecule has 5 nitrogen and oxygen atoms in total. The first-order valence-corrected chi connectivity index (χ1v) is 11.8. The highest BCUT2D eigenvalue weighted by atomic mass is 32.2. The highest BCUT2D eigenvalue weighted by molar-refractivity contribution is 7.99. The third-order valence-corrected chi connectivity index (χ3v) is 7.84. The first kappa shape index (κ1) is 19.5. The number of aryl methyl sites for hydroxylation is 1. The van der Waals surface area contributed by atoms with Crippen LogP contribution in [0.2, 0.25) is 0 Å². The van der Waals surface area contributed by atoms with E-state index in [2.05, 4.69) is 18.2 Å². The van der Waals surface area contributed by atoms with Crippen molar-refractivity contribution in [1.82, 2.24) is 14.9 Å². The molecule has 2 aromatic rings. The first-order chi connectivity index (χ1) is 13.6. The van der Waals surface area contributed by atoms with Gasteiger partial charge in [0, 0.05) is 10.9 Å². The number of thioether (sulfide) groups is 1. The van der Waals surface area contributed by atoms with Gasteiger partial charge in [-0.3, -0.25) is 14.2 Å². The Morgan fingerprint density at radius 3 is 2.93 bits per heavy atom. The molecule has 2 heterocycles. The van der Waals surface area contributed by atoms with Crippen molar-refractivity contribution in [3.63, 3.8) is 0 Å². The summed E-state index contributed by atoms with van der Waals surface area (Å²) >= 11 is 3.01. The molecule has 0 spiro atoms. The van der Waals surface area contributed by atoms with Crippen LogP contribution in [0.1, 0.15) is 55.5 Å². The molecular weight excluding hydrogens is 390 g/mol. The zero-order valence-corrected chi connectivity index (χ0v) is 17.8. The summed E-state index contributed by atoms with van der Waals surface area (Å²) < 4.78 is 1.89. The lowest BCUT2D eigenvalue weighted by molar-refractivity contribution is -0.118. The summed E-state index contributed by atoms with van der Waals surface area (Å²) in [4.78, 5) is 32.6. The van der Waals surface area contributed by atoms with Crippen molar-refractivity contribution in [2.45, 2.75) is 63.1 Å². The Morgan fingerprint density at radius 1 is 1.39 bits per heavy atom. The molecule has 0 saturated heterocycles. The predicted molar refractivity (Wildman–Crippen MR) is 115 cm³/mol. The van der Waals surface area contributed by atoms with Crippen LogP contribution in [0.5, 0.6) is 0 Å². The number of thiophene rings is 1. The zero-order chi connectivity index (χ0) is 19.7. The van der Waals surface area contributed by atoms with E-state index in [4.69, 9.17) is 11.4 Å². The van der Waals surface area contributed by atoms with E-state index < -0.39 is 0 Å². The number of hydrogen-bond donors (Lipinski definition) is 1. The fourth-order valence-electron chi connectivity index (χ4n) is 4.30. The van der Waals surface area contributed by atoms with Gasteiger partial charge in [0.1, 0.15) is 4.83 Å². The maximum Gasteiger partial charge on any atom is 0.263 e. The van der Waals surface area contributed by atoms with Crippen LogP contribution in [0.4, 0.5) is 0 Å². The van der Waals surface area contributed by atoms with Gasteiger partial charge in [0.2, 0.25) is 5.91 Å². The molecule has 2 aliphatic carbocycles. The van der Waals surface area contributed by atoms with Gasteiger partial charge in [-0.15, -0.1) is 17.8 Å². The molecule has 1 fully saturated rings. The van der Waals surface area contributed by atoms with E-state index >= 15 is 0 Å². The lowest BCUT2D eigenvalue weighted by atomic mass is 9.89. The molecule has 1 N–H and O–H groups in total. The van der Waals surface area contributed by atoms with E-state index in [0.717, 1.165) is 55.2 Å². The molecular formula is C21H25N3O2S2. The molecule has 0 bridgehead atoms. The fourth-order valence-corrected chi connectivity index (χ4v) is 6.62. The van der Waals surface area contributed by atoms with Crippen molar-refractivity contribution in [3.05, 3.63) is 20.8 Å². The summed E-state index contributed by atoms with van der Waals surface area (Å²) in [6.45, 7) is 2.49. The minimum Gasteiger partial charge on any atom is -0.344 e. The standard InChI is InChI=1S/C21H25N3O2S2/c1-3-10-22-17(25)12-27-21-23-19-18(15-9-8-13(2)11-16(15)28-19)20(26)24(21)14-6-4-5-7-14/h1,13-14H,4-12H2,2H3,(H,22,25)/t13-/m1/s1. The van der Waals surface area contributed by atoms with Crippen molar-refractivity contribution >= 4 is 39.2 Å². The van der Waals surface area contributed by atoms with Crippen molar-refractivity contribution in [2.75, 3.05) is 12.3 Å². The number of carbonyl (C=O) groups excluding carboxylic acids is 1. The van der Waals surface area contributed by atoms with Crippen LogP contribution in [-0.2, 0) is 17.6 Å². The lowest BCUT2D eigenvalue weighted by Gasteiger charge is -2.19. The van der Waals surface area contributed by atoms with Gasteiger partial charge >= 0.3 is 0 Å². The first-order valence-electron chi connectivity index (χ1n) is 9.98. The van der Waals surface area contributed by atoms with Gasteiger partial charge in [0.05, 0.1) is 17.7 Å². The van der Waals surface area contributed by atoms with E-state index in [-0.39, 0.29) is 29.8 Å². The summed E-state index contributed by atoms with van der Waals surface area (Å²) in [7, 11) is 0. The SMILES string of the molecule is C#CCNC(=O)CSc1nc2sc3c(c2c(=O)n1C1CCCC1)CC[C@@H](C)C3. The van der Waals surface area contributed by atoms with E-state index in [0.29, 0.717) is 11.1 Å². The van der Waals surface area contributed by atoms with Crippen molar-refractivity contribution in [2.24, 2.45) is 5.92 Å². The van der Waals surface area contributed by atoms with Crippen molar-refractivity contribution in [3.8, 4) is 12.3 Å². The van der Waals surface area contributed by atoms with Crippen molar-refractivity contribution in [1.29, 1.82) is 0 Å². The molecule has 2 aromatic heterocycles. The Labute approximate surface area is 173 Å². The smallest absolute Gasteiger partial charge is 0.263 e. The molecule has 28 heavy (non-hydrogen) atoms. The quantitative estimate of drug-likeness (QED) is 0.461. The average molecular weight is 416 g/mol.